The van der Waals surface area contributed by atoms with E-state index < -0.39 is 5.60 Å². The maximum Gasteiger partial charge on any atom is 0.407 e. The highest BCUT2D eigenvalue weighted by Crippen LogP contribution is 2.06. The molecule has 8 nitrogen and oxygen atoms in total. The summed E-state index contributed by atoms with van der Waals surface area (Å²) in [6.45, 7) is 15.8. The molecule has 0 bridgehead atoms. The minimum Gasteiger partial charge on any atom is -0.444 e. The number of carbonyl (C=O) groups excluding carboxylic acids is 1. The minimum atomic E-state index is -0.463. The molecule has 1 heterocycles. The van der Waals surface area contributed by atoms with Gasteiger partial charge in [-0.1, -0.05) is 6.92 Å². The van der Waals surface area contributed by atoms with Gasteiger partial charge < -0.3 is 30.5 Å². The Morgan fingerprint density at radius 3 is 2.33 bits per heavy atom. The summed E-state index contributed by atoms with van der Waals surface area (Å²) < 4.78 is 5.21. The maximum atomic E-state index is 11.6. The van der Waals surface area contributed by atoms with Crippen molar-refractivity contribution in [3.8, 4) is 0 Å². The Balaban J connectivity index is 2.11. The molecule has 1 unspecified atom stereocenters. The molecule has 3 N–H and O–H groups in total. The average Bonchev–Trinajstić information content (AvgIpc) is 2.57. The molecular weight excluding hydrogens is 344 g/mol. The Morgan fingerprint density at radius 1 is 1.11 bits per heavy atom. The van der Waals surface area contributed by atoms with E-state index in [9.17, 15) is 4.79 Å². The molecule has 27 heavy (non-hydrogen) atoms. The molecule has 8 heteroatoms. The van der Waals surface area contributed by atoms with E-state index in [1.807, 2.05) is 20.8 Å². The third-order valence-electron chi connectivity index (χ3n) is 4.32. The van der Waals surface area contributed by atoms with E-state index >= 15 is 0 Å². The molecule has 0 aromatic rings. The summed E-state index contributed by atoms with van der Waals surface area (Å²) in [6.07, 6.45) is 0.430. The van der Waals surface area contributed by atoms with Gasteiger partial charge in [0, 0.05) is 59.4 Å². The lowest BCUT2D eigenvalue weighted by Crippen LogP contribution is -2.47. The largest absolute Gasteiger partial charge is 0.444 e. The van der Waals surface area contributed by atoms with E-state index in [0.717, 1.165) is 58.2 Å². The summed E-state index contributed by atoms with van der Waals surface area (Å²) in [5.74, 6) is 1.36. The van der Waals surface area contributed by atoms with Crippen molar-refractivity contribution < 1.29 is 9.53 Å². The summed E-state index contributed by atoms with van der Waals surface area (Å²) in [5, 5.41) is 9.43. The van der Waals surface area contributed by atoms with Gasteiger partial charge in [0.05, 0.1) is 0 Å². The number of nitrogens with one attached hydrogen (secondary N) is 3. The molecule has 0 aromatic heterocycles. The molecule has 0 aromatic carbocycles. The van der Waals surface area contributed by atoms with E-state index in [-0.39, 0.29) is 6.09 Å². The van der Waals surface area contributed by atoms with Crippen molar-refractivity contribution in [3.05, 3.63) is 0 Å². The number of hydrogen-bond donors (Lipinski definition) is 3. The third kappa shape index (κ3) is 11.7. The molecule has 1 rings (SSSR count). The fourth-order valence-corrected chi connectivity index (χ4v) is 2.83. The Labute approximate surface area is 165 Å². The molecular formula is C19H40N6O2. The first-order chi connectivity index (χ1) is 12.7. The Kier molecular flexibility index (Phi) is 10.5. The van der Waals surface area contributed by atoms with Gasteiger partial charge in [-0.25, -0.2) is 4.79 Å². The fraction of sp³-hybridized carbons (Fsp3) is 0.895. The number of piperazine rings is 1. The average molecular weight is 385 g/mol. The summed E-state index contributed by atoms with van der Waals surface area (Å²) >= 11 is 0. The molecule has 1 atom stereocenters. The van der Waals surface area contributed by atoms with Crippen molar-refractivity contribution in [3.63, 3.8) is 0 Å². The van der Waals surface area contributed by atoms with Crippen molar-refractivity contribution >= 4 is 12.1 Å². The van der Waals surface area contributed by atoms with Gasteiger partial charge in [0.25, 0.3) is 0 Å². The SMILES string of the molecule is CN=C(NCCCNC(=O)OC(C)(C)C)NCC(C)CN1CCN(C)CC1. The lowest BCUT2D eigenvalue weighted by atomic mass is 10.1. The zero-order valence-corrected chi connectivity index (χ0v) is 18.1. The lowest BCUT2D eigenvalue weighted by Gasteiger charge is -2.34. The number of alkyl carbamates (subject to hydrolysis) is 1. The topological polar surface area (TPSA) is 81.2 Å². The lowest BCUT2D eigenvalue weighted by molar-refractivity contribution is 0.0527. The number of rotatable bonds is 8. The van der Waals surface area contributed by atoms with Crippen LogP contribution in [0.4, 0.5) is 4.79 Å². The van der Waals surface area contributed by atoms with Crippen LogP contribution >= 0.6 is 0 Å². The van der Waals surface area contributed by atoms with E-state index in [2.05, 4.69) is 44.7 Å². The first kappa shape index (κ1) is 23.5. The summed E-state index contributed by atoms with van der Waals surface area (Å²) in [6, 6.07) is 0. The van der Waals surface area contributed by atoms with Gasteiger partial charge in [0.15, 0.2) is 5.96 Å². The van der Waals surface area contributed by atoms with E-state index in [4.69, 9.17) is 4.74 Å². The Bertz CT molecular complexity index is 456. The molecule has 158 valence electrons. The van der Waals surface area contributed by atoms with Gasteiger partial charge in [0.1, 0.15) is 5.60 Å². The van der Waals surface area contributed by atoms with Crippen LogP contribution in [0.5, 0.6) is 0 Å². The first-order valence-electron chi connectivity index (χ1n) is 10.0. The second kappa shape index (κ2) is 12.0. The van der Waals surface area contributed by atoms with Crippen LogP contribution in [-0.4, -0.2) is 93.9 Å². The van der Waals surface area contributed by atoms with Gasteiger partial charge in [-0.05, 0) is 40.2 Å². The van der Waals surface area contributed by atoms with Crippen LogP contribution in [0.2, 0.25) is 0 Å². The predicted octanol–water partition coefficient (Wildman–Crippen LogP) is 0.950. The molecule has 0 aliphatic carbocycles. The summed E-state index contributed by atoms with van der Waals surface area (Å²) in [5.41, 5.74) is -0.463. The number of amides is 1. The number of ether oxygens (including phenoxy) is 1. The summed E-state index contributed by atoms with van der Waals surface area (Å²) in [4.78, 5) is 20.7. The van der Waals surface area contributed by atoms with Crippen LogP contribution in [0.15, 0.2) is 4.99 Å². The number of aliphatic imine (C=N–C) groups is 1. The zero-order chi connectivity index (χ0) is 20.3. The first-order valence-corrected chi connectivity index (χ1v) is 10.0. The van der Waals surface area contributed by atoms with Gasteiger partial charge in [0.2, 0.25) is 0 Å². The highest BCUT2D eigenvalue weighted by atomic mass is 16.6. The molecule has 0 spiro atoms. The van der Waals surface area contributed by atoms with Gasteiger partial charge in [-0.15, -0.1) is 0 Å². The minimum absolute atomic E-state index is 0.372. The van der Waals surface area contributed by atoms with E-state index in [0.29, 0.717) is 12.5 Å². The fourth-order valence-electron chi connectivity index (χ4n) is 2.83. The second-order valence-corrected chi connectivity index (χ2v) is 8.37. The molecule has 0 saturated carbocycles. The molecule has 1 saturated heterocycles. The molecule has 1 aliphatic rings. The van der Waals surface area contributed by atoms with Crippen LogP contribution in [0.3, 0.4) is 0 Å². The molecule has 1 aliphatic heterocycles. The van der Waals surface area contributed by atoms with Crippen molar-refractivity contribution in [1.82, 2.24) is 25.8 Å². The second-order valence-electron chi connectivity index (χ2n) is 8.37. The van der Waals surface area contributed by atoms with Crippen molar-refractivity contribution in [2.45, 2.75) is 39.7 Å². The standard InChI is InChI=1S/C19H40N6O2/c1-16(15-25-12-10-24(6)11-13-25)14-23-17(20-5)21-8-7-9-22-18(26)27-19(2,3)4/h16H,7-15H2,1-6H3,(H,22,26)(H2,20,21,23). The third-order valence-corrected chi connectivity index (χ3v) is 4.32. The van der Waals surface area contributed by atoms with Crippen LogP contribution < -0.4 is 16.0 Å². The van der Waals surface area contributed by atoms with Crippen molar-refractivity contribution in [1.29, 1.82) is 0 Å². The predicted molar refractivity (Wildman–Crippen MR) is 111 cm³/mol. The molecule has 0 radical (unpaired) electrons. The highest BCUT2D eigenvalue weighted by Gasteiger charge is 2.16. The monoisotopic (exact) mass is 384 g/mol. The Morgan fingerprint density at radius 2 is 1.74 bits per heavy atom. The number of likely N-dealkylation sites (N-methyl/N-ethyl adjacent to an activating group) is 1. The van der Waals surface area contributed by atoms with Crippen molar-refractivity contribution in [2.75, 3.05) is 66.5 Å². The normalized spacial score (nSPS) is 18.1. The molecule has 1 fully saturated rings. The van der Waals surface area contributed by atoms with Gasteiger partial charge in [-0.2, -0.15) is 0 Å². The number of guanidine groups is 1. The smallest absolute Gasteiger partial charge is 0.407 e. The summed E-state index contributed by atoms with van der Waals surface area (Å²) in [7, 11) is 3.96. The van der Waals surface area contributed by atoms with Gasteiger partial charge >= 0.3 is 6.09 Å². The van der Waals surface area contributed by atoms with E-state index in [1.165, 1.54) is 0 Å². The molecule has 1 amide bonds. The highest BCUT2D eigenvalue weighted by molar-refractivity contribution is 5.79. The van der Waals surface area contributed by atoms with Crippen molar-refractivity contribution in [2.24, 2.45) is 10.9 Å². The maximum absolute atomic E-state index is 11.6. The van der Waals surface area contributed by atoms with Crippen LogP contribution in [0, 0.1) is 5.92 Å². The number of hydrogen-bond acceptors (Lipinski definition) is 5. The van der Waals surface area contributed by atoms with Gasteiger partial charge in [-0.3, -0.25) is 4.99 Å². The van der Waals surface area contributed by atoms with Crippen LogP contribution in [0.1, 0.15) is 34.1 Å². The quantitative estimate of drug-likeness (QED) is 0.328. The van der Waals surface area contributed by atoms with Crippen LogP contribution in [0.25, 0.3) is 0 Å². The zero-order valence-electron chi connectivity index (χ0n) is 18.1. The van der Waals surface area contributed by atoms with Crippen LogP contribution in [-0.2, 0) is 4.74 Å². The number of nitrogens with zero attached hydrogens (tertiary/aromatic N) is 3. The number of carbonyl (C=O) groups is 1. The van der Waals surface area contributed by atoms with E-state index in [1.54, 1.807) is 7.05 Å². The Hall–Kier alpha value is -1.54.